The topological polar surface area (TPSA) is 52.9 Å². The Morgan fingerprint density at radius 1 is 1.17 bits per heavy atom. The molecule has 1 aliphatic rings. The molecule has 0 fully saturated rings. The van der Waals surface area contributed by atoms with E-state index in [1.54, 1.807) is 24.3 Å². The van der Waals surface area contributed by atoms with E-state index in [1.807, 2.05) is 0 Å². The molecular formula is C21H22N2O. The van der Waals surface area contributed by atoms with Crippen LogP contribution >= 0.6 is 0 Å². The maximum atomic E-state index is 12.5. The van der Waals surface area contributed by atoms with Crippen molar-refractivity contribution in [2.45, 2.75) is 45.1 Å². The van der Waals surface area contributed by atoms with Gasteiger partial charge in [0.1, 0.15) is 0 Å². The largest absolute Gasteiger partial charge is 0.345 e. The summed E-state index contributed by atoms with van der Waals surface area (Å²) in [6.07, 6.45) is 5.66. The second-order valence-electron chi connectivity index (χ2n) is 6.36. The molecule has 0 saturated carbocycles. The van der Waals surface area contributed by atoms with Crippen molar-refractivity contribution in [3.63, 3.8) is 0 Å². The lowest BCUT2D eigenvalue weighted by Gasteiger charge is -2.22. The van der Waals surface area contributed by atoms with E-state index in [0.29, 0.717) is 11.1 Å². The van der Waals surface area contributed by atoms with Crippen LogP contribution < -0.4 is 5.32 Å². The number of carbonyl (C=O) groups excluding carboxylic acids is 1. The van der Waals surface area contributed by atoms with Gasteiger partial charge in [-0.2, -0.15) is 5.26 Å². The number of fused-ring (bicyclic) bond motifs is 1. The first kappa shape index (κ1) is 16.3. The summed E-state index contributed by atoms with van der Waals surface area (Å²) in [4.78, 5) is 12.5. The van der Waals surface area contributed by atoms with E-state index in [1.165, 1.54) is 36.0 Å². The Bertz CT molecular complexity index is 789. The van der Waals surface area contributed by atoms with Gasteiger partial charge in [0, 0.05) is 5.56 Å². The molecule has 0 heterocycles. The van der Waals surface area contributed by atoms with Gasteiger partial charge in [-0.25, -0.2) is 0 Å². The van der Waals surface area contributed by atoms with Crippen molar-refractivity contribution in [3.8, 4) is 6.07 Å². The molecule has 1 amide bonds. The SMILES string of the molecule is CCC(NC(=O)c1cccc(C#N)c1)c1ccc2c(c1)CCCC2. The number of benzene rings is 2. The van der Waals surface area contributed by atoms with Crippen LogP contribution in [-0.4, -0.2) is 5.91 Å². The minimum Gasteiger partial charge on any atom is -0.345 e. The number of aryl methyl sites for hydroxylation is 2. The molecule has 0 saturated heterocycles. The van der Waals surface area contributed by atoms with Crippen molar-refractivity contribution in [3.05, 3.63) is 70.3 Å². The number of nitriles is 1. The molecule has 0 bridgehead atoms. The number of rotatable bonds is 4. The van der Waals surface area contributed by atoms with E-state index in [0.717, 1.165) is 12.8 Å². The van der Waals surface area contributed by atoms with Crippen LogP contribution in [0.15, 0.2) is 42.5 Å². The number of hydrogen-bond donors (Lipinski definition) is 1. The van der Waals surface area contributed by atoms with Crippen molar-refractivity contribution in [1.82, 2.24) is 5.32 Å². The molecule has 2 aromatic rings. The molecule has 1 N–H and O–H groups in total. The van der Waals surface area contributed by atoms with Gasteiger partial charge in [0.2, 0.25) is 0 Å². The molecule has 0 radical (unpaired) electrons. The second kappa shape index (κ2) is 7.31. The normalized spacial score (nSPS) is 14.3. The van der Waals surface area contributed by atoms with E-state index >= 15 is 0 Å². The minimum absolute atomic E-state index is 0.00420. The third-order valence-electron chi connectivity index (χ3n) is 4.74. The molecule has 0 aromatic heterocycles. The highest BCUT2D eigenvalue weighted by Gasteiger charge is 2.17. The summed E-state index contributed by atoms with van der Waals surface area (Å²) in [6, 6.07) is 15.5. The summed E-state index contributed by atoms with van der Waals surface area (Å²) >= 11 is 0. The first-order chi connectivity index (χ1) is 11.7. The Labute approximate surface area is 143 Å². The summed E-state index contributed by atoms with van der Waals surface area (Å²) in [5, 5.41) is 12.1. The van der Waals surface area contributed by atoms with Crippen molar-refractivity contribution < 1.29 is 4.79 Å². The Balaban J connectivity index is 1.79. The first-order valence-electron chi connectivity index (χ1n) is 8.64. The van der Waals surface area contributed by atoms with Gasteiger partial charge in [-0.3, -0.25) is 4.79 Å². The van der Waals surface area contributed by atoms with Crippen LogP contribution in [0.1, 0.15) is 64.8 Å². The van der Waals surface area contributed by atoms with Crippen LogP contribution in [-0.2, 0) is 12.8 Å². The lowest BCUT2D eigenvalue weighted by Crippen LogP contribution is -2.28. The van der Waals surface area contributed by atoms with Crippen LogP contribution in [0.2, 0.25) is 0 Å². The highest BCUT2D eigenvalue weighted by Crippen LogP contribution is 2.26. The molecule has 0 aliphatic heterocycles. The molecule has 1 atom stereocenters. The molecule has 3 rings (SSSR count). The monoisotopic (exact) mass is 318 g/mol. The third kappa shape index (κ3) is 3.49. The van der Waals surface area contributed by atoms with Crippen molar-refractivity contribution in [1.29, 1.82) is 5.26 Å². The molecule has 1 unspecified atom stereocenters. The van der Waals surface area contributed by atoms with E-state index in [4.69, 9.17) is 5.26 Å². The maximum Gasteiger partial charge on any atom is 0.251 e. The highest BCUT2D eigenvalue weighted by atomic mass is 16.1. The Hall–Kier alpha value is -2.60. The lowest BCUT2D eigenvalue weighted by molar-refractivity contribution is 0.0935. The van der Waals surface area contributed by atoms with Gasteiger partial charge in [0.15, 0.2) is 0 Å². The van der Waals surface area contributed by atoms with Crippen molar-refractivity contribution in [2.75, 3.05) is 0 Å². The average Bonchev–Trinajstić information content (AvgIpc) is 2.65. The van der Waals surface area contributed by atoms with Gasteiger partial charge in [-0.1, -0.05) is 31.2 Å². The number of nitrogens with one attached hydrogen (secondary N) is 1. The molecule has 3 heteroatoms. The summed E-state index contributed by atoms with van der Waals surface area (Å²) in [5.41, 5.74) is 5.09. The van der Waals surface area contributed by atoms with E-state index < -0.39 is 0 Å². The van der Waals surface area contributed by atoms with Gasteiger partial charge in [-0.15, -0.1) is 0 Å². The number of nitrogens with zero attached hydrogens (tertiary/aromatic N) is 1. The maximum absolute atomic E-state index is 12.5. The quantitative estimate of drug-likeness (QED) is 0.913. The fourth-order valence-corrected chi connectivity index (χ4v) is 3.36. The first-order valence-corrected chi connectivity index (χ1v) is 8.64. The summed E-state index contributed by atoms with van der Waals surface area (Å²) < 4.78 is 0. The van der Waals surface area contributed by atoms with Crippen LogP contribution in [0, 0.1) is 11.3 Å². The molecule has 24 heavy (non-hydrogen) atoms. The van der Waals surface area contributed by atoms with E-state index in [9.17, 15) is 4.79 Å². The zero-order valence-electron chi connectivity index (χ0n) is 14.0. The van der Waals surface area contributed by atoms with E-state index in [2.05, 4.69) is 36.5 Å². The second-order valence-corrected chi connectivity index (χ2v) is 6.36. The van der Waals surface area contributed by atoms with Gasteiger partial charge < -0.3 is 5.32 Å². The van der Waals surface area contributed by atoms with Gasteiger partial charge in [-0.05, 0) is 67.0 Å². The molecule has 2 aromatic carbocycles. The standard InChI is InChI=1S/C21H22N2O/c1-2-20(18-11-10-16-7-3-4-8-17(16)13-18)23-21(24)19-9-5-6-15(12-19)14-22/h5-6,9-13,20H,2-4,7-8H2,1H3,(H,23,24). The minimum atomic E-state index is -0.128. The van der Waals surface area contributed by atoms with E-state index in [-0.39, 0.29) is 11.9 Å². The molecule has 3 nitrogen and oxygen atoms in total. The fourth-order valence-electron chi connectivity index (χ4n) is 3.36. The van der Waals surface area contributed by atoms with Crippen LogP contribution in [0.3, 0.4) is 0 Å². The van der Waals surface area contributed by atoms with Gasteiger partial charge >= 0.3 is 0 Å². The third-order valence-corrected chi connectivity index (χ3v) is 4.74. The van der Waals surface area contributed by atoms with Crippen LogP contribution in [0.25, 0.3) is 0 Å². The molecule has 122 valence electrons. The Morgan fingerprint density at radius 2 is 1.96 bits per heavy atom. The number of carbonyl (C=O) groups is 1. The number of hydrogen-bond acceptors (Lipinski definition) is 2. The summed E-state index contributed by atoms with van der Waals surface area (Å²) in [5.74, 6) is -0.128. The predicted molar refractivity (Wildman–Crippen MR) is 94.7 cm³/mol. The molecule has 1 aliphatic carbocycles. The smallest absolute Gasteiger partial charge is 0.251 e. The zero-order chi connectivity index (χ0) is 16.9. The Morgan fingerprint density at radius 3 is 2.71 bits per heavy atom. The van der Waals surface area contributed by atoms with Gasteiger partial charge in [0.05, 0.1) is 17.7 Å². The highest BCUT2D eigenvalue weighted by molar-refractivity contribution is 5.94. The van der Waals surface area contributed by atoms with Crippen LogP contribution in [0.5, 0.6) is 0 Å². The molecule has 0 spiro atoms. The van der Waals surface area contributed by atoms with Crippen molar-refractivity contribution in [2.24, 2.45) is 0 Å². The number of amides is 1. The Kier molecular flexibility index (Phi) is 4.96. The van der Waals surface area contributed by atoms with Crippen LogP contribution in [0.4, 0.5) is 0 Å². The summed E-state index contributed by atoms with van der Waals surface area (Å²) in [6.45, 7) is 2.08. The fraction of sp³-hybridized carbons (Fsp3) is 0.333. The van der Waals surface area contributed by atoms with Crippen molar-refractivity contribution >= 4 is 5.91 Å². The molecular weight excluding hydrogens is 296 g/mol. The average molecular weight is 318 g/mol. The summed E-state index contributed by atoms with van der Waals surface area (Å²) in [7, 11) is 0. The predicted octanol–water partition coefficient (Wildman–Crippen LogP) is 4.32. The van der Waals surface area contributed by atoms with Gasteiger partial charge in [0.25, 0.3) is 5.91 Å². The zero-order valence-corrected chi connectivity index (χ0v) is 14.0. The lowest BCUT2D eigenvalue weighted by atomic mass is 9.88.